The molecular formula is C18H17N3O5. The molecule has 0 atom stereocenters. The van der Waals surface area contributed by atoms with Gasteiger partial charge in [-0.25, -0.2) is 0 Å². The SMILES string of the molecule is CC(C)c1ccc(C(=O)CN2C(=O)COc3ccc([N+](=O)[O-])nc32)cc1. The van der Waals surface area contributed by atoms with Gasteiger partial charge >= 0.3 is 5.82 Å². The van der Waals surface area contributed by atoms with Gasteiger partial charge in [0, 0.05) is 11.6 Å². The molecular weight excluding hydrogens is 338 g/mol. The van der Waals surface area contributed by atoms with Gasteiger partial charge in [0.1, 0.15) is 0 Å². The first-order valence-electron chi connectivity index (χ1n) is 8.08. The first-order chi connectivity index (χ1) is 12.4. The number of anilines is 1. The molecule has 0 saturated heterocycles. The molecule has 2 heterocycles. The van der Waals surface area contributed by atoms with Gasteiger partial charge in [-0.1, -0.05) is 38.1 Å². The van der Waals surface area contributed by atoms with Crippen LogP contribution in [0.25, 0.3) is 0 Å². The van der Waals surface area contributed by atoms with Crippen molar-refractivity contribution in [3.8, 4) is 5.75 Å². The third-order valence-corrected chi connectivity index (χ3v) is 4.12. The Morgan fingerprint density at radius 3 is 2.58 bits per heavy atom. The monoisotopic (exact) mass is 355 g/mol. The van der Waals surface area contributed by atoms with E-state index in [9.17, 15) is 19.7 Å². The molecule has 0 saturated carbocycles. The Morgan fingerprint density at radius 1 is 1.27 bits per heavy atom. The van der Waals surface area contributed by atoms with Crippen LogP contribution in [0, 0.1) is 10.1 Å². The van der Waals surface area contributed by atoms with E-state index in [4.69, 9.17) is 4.74 Å². The van der Waals surface area contributed by atoms with Crippen LogP contribution < -0.4 is 9.64 Å². The number of fused-ring (bicyclic) bond motifs is 1. The van der Waals surface area contributed by atoms with E-state index < -0.39 is 16.6 Å². The second-order valence-corrected chi connectivity index (χ2v) is 6.22. The zero-order valence-corrected chi connectivity index (χ0v) is 14.3. The molecule has 0 aliphatic carbocycles. The average Bonchev–Trinajstić information content (AvgIpc) is 2.63. The summed E-state index contributed by atoms with van der Waals surface area (Å²) < 4.78 is 5.24. The van der Waals surface area contributed by atoms with Crippen LogP contribution in [0.15, 0.2) is 36.4 Å². The second-order valence-electron chi connectivity index (χ2n) is 6.22. The molecule has 1 aromatic heterocycles. The van der Waals surface area contributed by atoms with Crippen molar-refractivity contribution in [1.82, 2.24) is 4.98 Å². The van der Waals surface area contributed by atoms with Crippen LogP contribution in [0.1, 0.15) is 35.7 Å². The van der Waals surface area contributed by atoms with Crippen molar-refractivity contribution in [1.29, 1.82) is 0 Å². The lowest BCUT2D eigenvalue weighted by Crippen LogP contribution is -2.42. The Hall–Kier alpha value is -3.29. The van der Waals surface area contributed by atoms with E-state index in [1.54, 1.807) is 12.1 Å². The number of rotatable bonds is 5. The maximum atomic E-state index is 12.6. The summed E-state index contributed by atoms with van der Waals surface area (Å²) in [5.74, 6) is -0.606. The number of carbonyl (C=O) groups is 2. The lowest BCUT2D eigenvalue weighted by molar-refractivity contribution is -0.389. The number of pyridine rings is 1. The molecule has 134 valence electrons. The predicted octanol–water partition coefficient (Wildman–Crippen LogP) is 2.72. The van der Waals surface area contributed by atoms with Gasteiger partial charge in [-0.15, -0.1) is 0 Å². The normalized spacial score (nSPS) is 13.3. The fraction of sp³-hybridized carbons (Fsp3) is 0.278. The van der Waals surface area contributed by atoms with E-state index in [-0.39, 0.29) is 30.5 Å². The Morgan fingerprint density at radius 2 is 1.96 bits per heavy atom. The van der Waals surface area contributed by atoms with Gasteiger partial charge in [0.2, 0.25) is 0 Å². The maximum absolute atomic E-state index is 12.6. The summed E-state index contributed by atoms with van der Waals surface area (Å²) in [7, 11) is 0. The number of nitro groups is 1. The highest BCUT2D eigenvalue weighted by atomic mass is 16.6. The number of amides is 1. The number of aromatic nitrogens is 1. The Balaban J connectivity index is 1.87. The zero-order valence-electron chi connectivity index (χ0n) is 14.3. The maximum Gasteiger partial charge on any atom is 0.366 e. The fourth-order valence-corrected chi connectivity index (χ4v) is 2.62. The topological polar surface area (TPSA) is 103 Å². The van der Waals surface area contributed by atoms with Gasteiger partial charge in [0.15, 0.2) is 18.1 Å². The number of ketones is 1. The minimum absolute atomic E-state index is 0.0115. The molecule has 1 aliphatic heterocycles. The molecule has 0 unspecified atom stereocenters. The summed E-state index contributed by atoms with van der Waals surface area (Å²) in [6, 6.07) is 9.74. The van der Waals surface area contributed by atoms with Crippen LogP contribution in [0.5, 0.6) is 5.75 Å². The smallest absolute Gasteiger partial charge is 0.366 e. The molecule has 0 radical (unpaired) electrons. The lowest BCUT2D eigenvalue weighted by Gasteiger charge is -2.24. The van der Waals surface area contributed by atoms with E-state index in [2.05, 4.69) is 18.8 Å². The fourth-order valence-electron chi connectivity index (χ4n) is 2.62. The molecule has 0 spiro atoms. The van der Waals surface area contributed by atoms with Crippen LogP contribution in [-0.2, 0) is 4.79 Å². The minimum Gasteiger partial charge on any atom is -0.477 e. The van der Waals surface area contributed by atoms with Crippen molar-refractivity contribution in [3.63, 3.8) is 0 Å². The van der Waals surface area contributed by atoms with Crippen molar-refractivity contribution in [2.75, 3.05) is 18.1 Å². The zero-order chi connectivity index (χ0) is 18.8. The van der Waals surface area contributed by atoms with Crippen LogP contribution in [0.2, 0.25) is 0 Å². The lowest BCUT2D eigenvalue weighted by atomic mass is 10.0. The minimum atomic E-state index is -0.663. The van der Waals surface area contributed by atoms with Crippen LogP contribution in [-0.4, -0.2) is 34.7 Å². The summed E-state index contributed by atoms with van der Waals surface area (Å²) in [6.45, 7) is 3.61. The number of ether oxygens (including phenoxy) is 1. The predicted molar refractivity (Wildman–Crippen MR) is 93.6 cm³/mol. The highest BCUT2D eigenvalue weighted by Gasteiger charge is 2.33. The van der Waals surface area contributed by atoms with Crippen LogP contribution >= 0.6 is 0 Å². The molecule has 0 bridgehead atoms. The second kappa shape index (κ2) is 6.91. The van der Waals surface area contributed by atoms with Crippen molar-refractivity contribution in [3.05, 3.63) is 57.6 Å². The van der Waals surface area contributed by atoms with Crippen LogP contribution in [0.3, 0.4) is 0 Å². The van der Waals surface area contributed by atoms with E-state index in [1.807, 2.05) is 12.1 Å². The molecule has 3 rings (SSSR count). The first kappa shape index (κ1) is 17.5. The van der Waals surface area contributed by atoms with Gasteiger partial charge in [-0.05, 0) is 27.5 Å². The molecule has 26 heavy (non-hydrogen) atoms. The third-order valence-electron chi connectivity index (χ3n) is 4.12. The molecule has 0 fully saturated rings. The summed E-state index contributed by atoms with van der Waals surface area (Å²) in [5.41, 5.74) is 1.56. The van der Waals surface area contributed by atoms with E-state index in [1.165, 1.54) is 12.1 Å². The molecule has 1 amide bonds. The van der Waals surface area contributed by atoms with E-state index in [0.717, 1.165) is 10.5 Å². The van der Waals surface area contributed by atoms with Crippen molar-refractivity contribution in [2.24, 2.45) is 0 Å². The van der Waals surface area contributed by atoms with Gasteiger partial charge < -0.3 is 14.9 Å². The van der Waals surface area contributed by atoms with E-state index >= 15 is 0 Å². The number of nitrogens with zero attached hydrogens (tertiary/aromatic N) is 3. The number of Topliss-reactive ketones (excluding diaryl/α,β-unsaturated/α-hetero) is 1. The molecule has 2 aromatic rings. The van der Waals surface area contributed by atoms with Crippen molar-refractivity contribution in [2.45, 2.75) is 19.8 Å². The summed E-state index contributed by atoms with van der Waals surface area (Å²) in [4.78, 5) is 40.0. The number of hydrogen-bond donors (Lipinski definition) is 0. The molecule has 8 nitrogen and oxygen atoms in total. The Labute approximate surface area is 149 Å². The average molecular weight is 355 g/mol. The highest BCUT2D eigenvalue weighted by molar-refractivity contribution is 6.06. The standard InChI is InChI=1S/C18H17N3O5/c1-11(2)12-3-5-13(6-4-12)14(22)9-20-17(23)10-26-15-7-8-16(21(24)25)19-18(15)20/h3-8,11H,9-10H2,1-2H3. The summed E-state index contributed by atoms with van der Waals surface area (Å²) in [6.07, 6.45) is 0. The summed E-state index contributed by atoms with van der Waals surface area (Å²) in [5, 5.41) is 10.9. The third kappa shape index (κ3) is 3.39. The molecule has 1 aliphatic rings. The van der Waals surface area contributed by atoms with Gasteiger partial charge in [-0.2, -0.15) is 0 Å². The quantitative estimate of drug-likeness (QED) is 0.464. The van der Waals surface area contributed by atoms with Gasteiger partial charge in [0.05, 0.1) is 6.54 Å². The van der Waals surface area contributed by atoms with Crippen molar-refractivity contribution >= 4 is 23.3 Å². The molecule has 0 N–H and O–H groups in total. The number of benzene rings is 1. The first-order valence-corrected chi connectivity index (χ1v) is 8.08. The summed E-state index contributed by atoms with van der Waals surface area (Å²) >= 11 is 0. The number of hydrogen-bond acceptors (Lipinski definition) is 6. The Kier molecular flexibility index (Phi) is 4.66. The molecule has 8 heteroatoms. The van der Waals surface area contributed by atoms with Gasteiger partial charge in [0.25, 0.3) is 11.7 Å². The molecule has 1 aromatic carbocycles. The largest absolute Gasteiger partial charge is 0.477 e. The van der Waals surface area contributed by atoms with Crippen molar-refractivity contribution < 1.29 is 19.2 Å². The highest BCUT2D eigenvalue weighted by Crippen LogP contribution is 2.32. The van der Waals surface area contributed by atoms with Gasteiger partial charge in [-0.3, -0.25) is 14.5 Å². The van der Waals surface area contributed by atoms with Crippen LogP contribution in [0.4, 0.5) is 11.6 Å². The Bertz CT molecular complexity index is 877. The van der Waals surface area contributed by atoms with E-state index in [0.29, 0.717) is 11.5 Å². The number of carbonyl (C=O) groups excluding carboxylic acids is 2.